The highest BCUT2D eigenvalue weighted by Gasteiger charge is 2.42. The van der Waals surface area contributed by atoms with E-state index in [0.717, 1.165) is 22.3 Å². The SMILES string of the molecule is NC(=O)CC1(O)c2ccccc2-c2ccccc21. The van der Waals surface area contributed by atoms with Crippen LogP contribution in [0.5, 0.6) is 0 Å². The first-order valence-corrected chi connectivity index (χ1v) is 5.83. The maximum absolute atomic E-state index is 11.2. The zero-order valence-corrected chi connectivity index (χ0v) is 9.76. The van der Waals surface area contributed by atoms with Crippen LogP contribution in [0.15, 0.2) is 48.5 Å². The van der Waals surface area contributed by atoms with Crippen LogP contribution in [0.2, 0.25) is 0 Å². The van der Waals surface area contributed by atoms with Crippen molar-refractivity contribution in [3.05, 3.63) is 59.7 Å². The van der Waals surface area contributed by atoms with Gasteiger partial charge in [-0.1, -0.05) is 48.5 Å². The molecule has 1 aliphatic rings. The minimum Gasteiger partial charge on any atom is -0.380 e. The van der Waals surface area contributed by atoms with Gasteiger partial charge in [0, 0.05) is 0 Å². The van der Waals surface area contributed by atoms with Gasteiger partial charge in [0.1, 0.15) is 5.60 Å². The molecule has 3 rings (SSSR count). The Kier molecular flexibility index (Phi) is 2.25. The summed E-state index contributed by atoms with van der Waals surface area (Å²) >= 11 is 0. The van der Waals surface area contributed by atoms with Crippen LogP contribution in [0.1, 0.15) is 17.5 Å². The van der Waals surface area contributed by atoms with E-state index in [-0.39, 0.29) is 6.42 Å². The molecule has 0 radical (unpaired) electrons. The molecule has 0 atom stereocenters. The maximum atomic E-state index is 11.2. The van der Waals surface area contributed by atoms with E-state index in [0.29, 0.717) is 0 Å². The summed E-state index contributed by atoms with van der Waals surface area (Å²) in [5.74, 6) is -0.510. The van der Waals surface area contributed by atoms with Gasteiger partial charge in [-0.2, -0.15) is 0 Å². The summed E-state index contributed by atoms with van der Waals surface area (Å²) in [6.07, 6.45) is -0.0962. The van der Waals surface area contributed by atoms with Crippen LogP contribution >= 0.6 is 0 Å². The first-order chi connectivity index (χ1) is 8.63. The Balaban J connectivity index is 2.30. The topological polar surface area (TPSA) is 63.3 Å². The number of primary amides is 1. The summed E-state index contributed by atoms with van der Waals surface area (Å²) in [5.41, 5.74) is 7.43. The van der Waals surface area contributed by atoms with Crippen LogP contribution in [0.25, 0.3) is 11.1 Å². The molecule has 2 aromatic rings. The fraction of sp³-hybridized carbons (Fsp3) is 0.133. The second kappa shape index (κ2) is 3.68. The number of amides is 1. The lowest BCUT2D eigenvalue weighted by atomic mass is 9.88. The molecule has 18 heavy (non-hydrogen) atoms. The molecule has 0 aromatic heterocycles. The monoisotopic (exact) mass is 239 g/mol. The highest BCUT2D eigenvalue weighted by Crippen LogP contribution is 2.48. The normalized spacial score (nSPS) is 14.9. The van der Waals surface area contributed by atoms with Gasteiger partial charge in [-0.15, -0.1) is 0 Å². The Labute approximate surface area is 105 Å². The van der Waals surface area contributed by atoms with Gasteiger partial charge in [0.25, 0.3) is 0 Å². The molecule has 3 N–H and O–H groups in total. The molecule has 3 heteroatoms. The summed E-state index contributed by atoms with van der Waals surface area (Å²) in [7, 11) is 0. The van der Waals surface area contributed by atoms with E-state index in [4.69, 9.17) is 5.73 Å². The molecule has 0 saturated heterocycles. The van der Waals surface area contributed by atoms with Crippen molar-refractivity contribution < 1.29 is 9.90 Å². The van der Waals surface area contributed by atoms with Crippen molar-refractivity contribution in [1.29, 1.82) is 0 Å². The second-order valence-corrected chi connectivity index (χ2v) is 4.59. The highest BCUT2D eigenvalue weighted by molar-refractivity contribution is 5.84. The van der Waals surface area contributed by atoms with Gasteiger partial charge in [-0.25, -0.2) is 0 Å². The summed E-state index contributed by atoms with van der Waals surface area (Å²) < 4.78 is 0. The van der Waals surface area contributed by atoms with E-state index in [1.54, 1.807) is 0 Å². The molecule has 0 heterocycles. The first-order valence-electron chi connectivity index (χ1n) is 5.83. The van der Waals surface area contributed by atoms with Crippen molar-refractivity contribution in [3.63, 3.8) is 0 Å². The lowest BCUT2D eigenvalue weighted by Crippen LogP contribution is -2.31. The minimum atomic E-state index is -1.29. The van der Waals surface area contributed by atoms with Gasteiger partial charge >= 0.3 is 0 Å². The van der Waals surface area contributed by atoms with E-state index >= 15 is 0 Å². The Morgan fingerprint density at radius 1 is 1.00 bits per heavy atom. The summed E-state index contributed by atoms with van der Waals surface area (Å²) in [6, 6.07) is 15.2. The molecule has 0 bridgehead atoms. The van der Waals surface area contributed by atoms with Crippen LogP contribution in [-0.2, 0) is 10.4 Å². The third kappa shape index (κ3) is 1.38. The number of fused-ring (bicyclic) bond motifs is 3. The average Bonchev–Trinajstić information content (AvgIpc) is 2.61. The lowest BCUT2D eigenvalue weighted by molar-refractivity contribution is -0.121. The Morgan fingerprint density at radius 3 is 1.89 bits per heavy atom. The fourth-order valence-electron chi connectivity index (χ4n) is 2.74. The molecule has 0 spiro atoms. The predicted octanol–water partition coefficient (Wildman–Crippen LogP) is 1.78. The predicted molar refractivity (Wildman–Crippen MR) is 68.7 cm³/mol. The van der Waals surface area contributed by atoms with Gasteiger partial charge in [0.05, 0.1) is 6.42 Å². The maximum Gasteiger partial charge on any atom is 0.221 e. The van der Waals surface area contributed by atoms with E-state index in [9.17, 15) is 9.90 Å². The van der Waals surface area contributed by atoms with Crippen molar-refractivity contribution in [3.8, 4) is 11.1 Å². The van der Waals surface area contributed by atoms with E-state index in [1.165, 1.54) is 0 Å². The molecule has 1 amide bonds. The number of hydrogen-bond acceptors (Lipinski definition) is 2. The Morgan fingerprint density at radius 2 is 1.44 bits per heavy atom. The summed E-state index contributed by atoms with van der Waals surface area (Å²) in [4.78, 5) is 11.2. The van der Waals surface area contributed by atoms with E-state index in [1.807, 2.05) is 48.5 Å². The summed E-state index contributed by atoms with van der Waals surface area (Å²) in [6.45, 7) is 0. The lowest BCUT2D eigenvalue weighted by Gasteiger charge is -2.24. The molecule has 0 unspecified atom stereocenters. The molecule has 0 aliphatic heterocycles. The third-order valence-electron chi connectivity index (χ3n) is 3.47. The fourth-order valence-corrected chi connectivity index (χ4v) is 2.74. The first kappa shape index (κ1) is 11.0. The van der Waals surface area contributed by atoms with Crippen molar-refractivity contribution >= 4 is 5.91 Å². The third-order valence-corrected chi connectivity index (χ3v) is 3.47. The van der Waals surface area contributed by atoms with Gasteiger partial charge in [0.15, 0.2) is 0 Å². The van der Waals surface area contributed by atoms with Gasteiger partial charge < -0.3 is 10.8 Å². The standard InChI is InChI=1S/C15H13NO2/c16-14(17)9-15(18)12-7-3-1-5-10(12)11-6-2-4-8-13(11)15/h1-8,18H,9H2,(H2,16,17). The number of nitrogens with two attached hydrogens (primary N) is 1. The molecule has 1 aliphatic carbocycles. The quantitative estimate of drug-likeness (QED) is 0.839. The van der Waals surface area contributed by atoms with Crippen LogP contribution in [0.3, 0.4) is 0 Å². The van der Waals surface area contributed by atoms with Gasteiger partial charge in [0.2, 0.25) is 5.91 Å². The van der Waals surface area contributed by atoms with Gasteiger partial charge in [-0.3, -0.25) is 4.79 Å². The van der Waals surface area contributed by atoms with Crippen molar-refractivity contribution in [1.82, 2.24) is 0 Å². The number of hydrogen-bond donors (Lipinski definition) is 2. The zero-order valence-electron chi connectivity index (χ0n) is 9.76. The van der Waals surface area contributed by atoms with Crippen LogP contribution in [0.4, 0.5) is 0 Å². The number of aliphatic hydroxyl groups is 1. The van der Waals surface area contributed by atoms with E-state index < -0.39 is 11.5 Å². The van der Waals surface area contributed by atoms with Crippen molar-refractivity contribution in [2.45, 2.75) is 12.0 Å². The Hall–Kier alpha value is -2.13. The smallest absolute Gasteiger partial charge is 0.221 e. The van der Waals surface area contributed by atoms with Gasteiger partial charge in [-0.05, 0) is 22.3 Å². The molecular formula is C15H13NO2. The van der Waals surface area contributed by atoms with Crippen LogP contribution < -0.4 is 5.73 Å². The average molecular weight is 239 g/mol. The molecule has 0 saturated carbocycles. The largest absolute Gasteiger partial charge is 0.380 e. The number of carbonyl (C=O) groups is 1. The molecule has 3 nitrogen and oxygen atoms in total. The summed E-state index contributed by atoms with van der Waals surface area (Å²) in [5, 5.41) is 10.9. The van der Waals surface area contributed by atoms with E-state index in [2.05, 4.69) is 0 Å². The number of carbonyl (C=O) groups excluding carboxylic acids is 1. The zero-order chi connectivity index (χ0) is 12.8. The number of benzene rings is 2. The van der Waals surface area contributed by atoms with Crippen molar-refractivity contribution in [2.75, 3.05) is 0 Å². The van der Waals surface area contributed by atoms with Crippen LogP contribution in [0, 0.1) is 0 Å². The molecule has 0 fully saturated rings. The molecule has 90 valence electrons. The van der Waals surface area contributed by atoms with Crippen LogP contribution in [-0.4, -0.2) is 11.0 Å². The number of rotatable bonds is 2. The molecule has 2 aromatic carbocycles. The Bertz CT molecular complexity index is 588. The second-order valence-electron chi connectivity index (χ2n) is 4.59. The molecular weight excluding hydrogens is 226 g/mol. The van der Waals surface area contributed by atoms with Crippen molar-refractivity contribution in [2.24, 2.45) is 5.73 Å². The minimum absolute atomic E-state index is 0.0962. The highest BCUT2D eigenvalue weighted by atomic mass is 16.3.